The second-order valence-electron chi connectivity index (χ2n) is 4.16. The Bertz CT molecular complexity index is 526. The molecule has 0 spiro atoms. The Balaban J connectivity index is 2.81. The van der Waals surface area contributed by atoms with E-state index in [-0.39, 0.29) is 4.90 Å². The fourth-order valence-corrected chi connectivity index (χ4v) is 3.87. The first kappa shape index (κ1) is 17.2. The second-order valence-corrected chi connectivity index (χ2v) is 8.43. The monoisotopic (exact) mass is 433 g/mol. The molecule has 1 rings (SSSR count). The van der Waals surface area contributed by atoms with Gasteiger partial charge in [0.25, 0.3) is 9.05 Å². The molecule has 0 atom stereocenters. The van der Waals surface area contributed by atoms with Gasteiger partial charge in [0.05, 0.1) is 20.4 Å². The third-order valence-electron chi connectivity index (χ3n) is 2.25. The van der Waals surface area contributed by atoms with Crippen LogP contribution in [0.2, 0.25) is 0 Å². The number of hydrogen-bond acceptors (Lipinski definition) is 4. The number of ether oxygens (including phenoxy) is 1. The molecule has 1 aromatic carbocycles. The first-order valence-corrected chi connectivity index (χ1v) is 9.32. The summed E-state index contributed by atoms with van der Waals surface area (Å²) in [5.74, 6) is 0.572. The van der Waals surface area contributed by atoms with E-state index in [1.165, 1.54) is 12.1 Å². The van der Waals surface area contributed by atoms with Crippen LogP contribution in [0.1, 0.15) is 6.42 Å². The molecule has 0 saturated carbocycles. The van der Waals surface area contributed by atoms with Crippen molar-refractivity contribution in [1.29, 1.82) is 0 Å². The quantitative estimate of drug-likeness (QED) is 0.507. The molecule has 0 unspecified atom stereocenters. The third kappa shape index (κ3) is 5.59. The summed E-state index contributed by atoms with van der Waals surface area (Å²) in [5.41, 5.74) is 0. The number of benzene rings is 1. The maximum Gasteiger partial charge on any atom is 0.261 e. The first-order chi connectivity index (χ1) is 8.71. The van der Waals surface area contributed by atoms with Crippen molar-refractivity contribution in [2.75, 3.05) is 27.2 Å². The van der Waals surface area contributed by atoms with E-state index in [1.54, 1.807) is 0 Å². The highest BCUT2D eigenvalue weighted by molar-refractivity contribution is 9.11. The van der Waals surface area contributed by atoms with Crippen molar-refractivity contribution >= 4 is 51.6 Å². The predicted molar refractivity (Wildman–Crippen MR) is 83.5 cm³/mol. The summed E-state index contributed by atoms with van der Waals surface area (Å²) in [7, 11) is 5.53. The summed E-state index contributed by atoms with van der Waals surface area (Å²) >= 11 is 6.57. The van der Waals surface area contributed by atoms with Gasteiger partial charge in [0.1, 0.15) is 5.75 Å². The highest BCUT2D eigenvalue weighted by Crippen LogP contribution is 2.36. The normalized spacial score (nSPS) is 11.9. The van der Waals surface area contributed by atoms with E-state index in [0.29, 0.717) is 21.3 Å². The molecule has 0 saturated heterocycles. The first-order valence-electron chi connectivity index (χ1n) is 5.43. The average molecular weight is 436 g/mol. The zero-order valence-corrected chi connectivity index (χ0v) is 15.2. The lowest BCUT2D eigenvalue weighted by molar-refractivity contribution is 0.279. The highest BCUT2D eigenvalue weighted by atomic mass is 79.9. The lowest BCUT2D eigenvalue weighted by Crippen LogP contribution is -2.15. The van der Waals surface area contributed by atoms with Gasteiger partial charge in [0.2, 0.25) is 0 Å². The summed E-state index contributed by atoms with van der Waals surface area (Å²) in [6.45, 7) is 1.46. The number of halogens is 3. The molecular formula is C11H14Br2ClNO3S. The fourth-order valence-electron chi connectivity index (χ4n) is 1.37. The van der Waals surface area contributed by atoms with Crippen LogP contribution in [0.3, 0.4) is 0 Å². The second kappa shape index (κ2) is 7.26. The van der Waals surface area contributed by atoms with Crippen molar-refractivity contribution in [3.8, 4) is 5.75 Å². The van der Waals surface area contributed by atoms with E-state index in [2.05, 4.69) is 36.8 Å². The molecule has 0 radical (unpaired) electrons. The molecule has 0 N–H and O–H groups in total. The van der Waals surface area contributed by atoms with Crippen molar-refractivity contribution < 1.29 is 13.2 Å². The van der Waals surface area contributed by atoms with Crippen LogP contribution >= 0.6 is 42.5 Å². The van der Waals surface area contributed by atoms with Gasteiger partial charge in [-0.3, -0.25) is 0 Å². The minimum absolute atomic E-state index is 0.0218. The van der Waals surface area contributed by atoms with Crippen molar-refractivity contribution in [3.63, 3.8) is 0 Å². The Labute approximate surface area is 134 Å². The van der Waals surface area contributed by atoms with Crippen LogP contribution in [0.25, 0.3) is 0 Å². The van der Waals surface area contributed by atoms with Gasteiger partial charge in [-0.15, -0.1) is 0 Å². The molecule has 0 amide bonds. The SMILES string of the molecule is CN(C)CCCOc1c(Br)cc(S(=O)(=O)Cl)cc1Br. The minimum Gasteiger partial charge on any atom is -0.491 e. The van der Waals surface area contributed by atoms with E-state index >= 15 is 0 Å². The molecule has 0 heterocycles. The van der Waals surface area contributed by atoms with Crippen LogP contribution in [-0.4, -0.2) is 40.6 Å². The van der Waals surface area contributed by atoms with Gasteiger partial charge < -0.3 is 9.64 Å². The van der Waals surface area contributed by atoms with Crippen LogP contribution in [0.4, 0.5) is 0 Å². The zero-order chi connectivity index (χ0) is 14.6. The number of hydrogen-bond donors (Lipinski definition) is 0. The molecule has 0 aliphatic rings. The van der Waals surface area contributed by atoms with Gasteiger partial charge in [0, 0.05) is 17.2 Å². The van der Waals surface area contributed by atoms with Gasteiger partial charge >= 0.3 is 0 Å². The number of nitrogens with zero attached hydrogens (tertiary/aromatic N) is 1. The standard InChI is InChI=1S/C11H14Br2ClNO3S/c1-15(2)4-3-5-18-11-9(12)6-8(7-10(11)13)19(14,16)17/h6-7H,3-5H2,1-2H3. The molecule has 4 nitrogen and oxygen atoms in total. The van der Waals surface area contributed by atoms with Gasteiger partial charge in [-0.2, -0.15) is 0 Å². The average Bonchev–Trinajstić information content (AvgIpc) is 2.25. The van der Waals surface area contributed by atoms with Gasteiger partial charge in [-0.05, 0) is 64.5 Å². The lowest BCUT2D eigenvalue weighted by atomic mass is 10.3. The smallest absolute Gasteiger partial charge is 0.261 e. The maximum absolute atomic E-state index is 11.3. The van der Waals surface area contributed by atoms with E-state index in [1.807, 2.05) is 14.1 Å². The van der Waals surface area contributed by atoms with Crippen LogP contribution in [0.5, 0.6) is 5.75 Å². The minimum atomic E-state index is -3.75. The summed E-state index contributed by atoms with van der Waals surface area (Å²) in [5, 5.41) is 0. The van der Waals surface area contributed by atoms with Crippen LogP contribution in [-0.2, 0) is 9.05 Å². The fraction of sp³-hybridized carbons (Fsp3) is 0.455. The van der Waals surface area contributed by atoms with Gasteiger partial charge in [0.15, 0.2) is 0 Å². The Hall–Kier alpha value is 0.180. The van der Waals surface area contributed by atoms with Crippen molar-refractivity contribution in [2.24, 2.45) is 0 Å². The largest absolute Gasteiger partial charge is 0.491 e. The predicted octanol–water partition coefficient (Wildman–Crippen LogP) is 3.47. The summed E-state index contributed by atoms with van der Waals surface area (Å²) in [4.78, 5) is 2.09. The van der Waals surface area contributed by atoms with Crippen LogP contribution < -0.4 is 4.74 Å². The van der Waals surface area contributed by atoms with E-state index in [0.717, 1.165) is 13.0 Å². The summed E-state index contributed by atoms with van der Waals surface area (Å²) in [6, 6.07) is 2.85. The Kier molecular flexibility index (Phi) is 6.59. The zero-order valence-electron chi connectivity index (χ0n) is 10.5. The van der Waals surface area contributed by atoms with Crippen LogP contribution in [0, 0.1) is 0 Å². The molecule has 0 aliphatic carbocycles. The third-order valence-corrected chi connectivity index (χ3v) is 4.76. The molecule has 19 heavy (non-hydrogen) atoms. The lowest BCUT2D eigenvalue weighted by Gasteiger charge is -2.13. The maximum atomic E-state index is 11.3. The van der Waals surface area contributed by atoms with Gasteiger partial charge in [-0.25, -0.2) is 8.42 Å². The number of rotatable bonds is 6. The molecule has 0 aliphatic heterocycles. The summed E-state index contributed by atoms with van der Waals surface area (Å²) < 4.78 is 29.2. The Morgan fingerprint density at radius 2 is 1.79 bits per heavy atom. The van der Waals surface area contributed by atoms with Crippen LogP contribution in [0.15, 0.2) is 26.0 Å². The van der Waals surface area contributed by atoms with E-state index in [9.17, 15) is 8.42 Å². The van der Waals surface area contributed by atoms with Gasteiger partial charge in [-0.1, -0.05) is 0 Å². The highest BCUT2D eigenvalue weighted by Gasteiger charge is 2.16. The molecule has 0 aromatic heterocycles. The molecule has 8 heteroatoms. The Morgan fingerprint density at radius 3 is 2.21 bits per heavy atom. The Morgan fingerprint density at radius 1 is 1.26 bits per heavy atom. The van der Waals surface area contributed by atoms with Crippen molar-refractivity contribution in [2.45, 2.75) is 11.3 Å². The summed E-state index contributed by atoms with van der Waals surface area (Å²) in [6.07, 6.45) is 0.876. The van der Waals surface area contributed by atoms with Crippen molar-refractivity contribution in [3.05, 3.63) is 21.1 Å². The molecule has 0 bridgehead atoms. The van der Waals surface area contributed by atoms with E-state index in [4.69, 9.17) is 15.4 Å². The molecular weight excluding hydrogens is 421 g/mol. The molecule has 108 valence electrons. The molecule has 1 aromatic rings. The van der Waals surface area contributed by atoms with Crippen molar-refractivity contribution in [1.82, 2.24) is 4.90 Å². The molecule has 0 fully saturated rings. The topological polar surface area (TPSA) is 46.6 Å². The van der Waals surface area contributed by atoms with E-state index < -0.39 is 9.05 Å².